The molecule has 0 radical (unpaired) electrons. The number of imide groups is 1. The molecule has 0 saturated carbocycles. The Hall–Kier alpha value is -3.23. The van der Waals surface area contributed by atoms with E-state index in [1.807, 2.05) is 6.92 Å². The van der Waals surface area contributed by atoms with Crippen LogP contribution in [0, 0.1) is 5.92 Å². The van der Waals surface area contributed by atoms with Crippen LogP contribution in [0.2, 0.25) is 0 Å². The van der Waals surface area contributed by atoms with Crippen LogP contribution in [0.15, 0.2) is 29.4 Å². The Labute approximate surface area is 143 Å². The van der Waals surface area contributed by atoms with Crippen molar-refractivity contribution in [1.82, 2.24) is 15.6 Å². The second-order valence-corrected chi connectivity index (χ2v) is 5.90. The van der Waals surface area contributed by atoms with Crippen LogP contribution in [-0.4, -0.2) is 47.5 Å². The summed E-state index contributed by atoms with van der Waals surface area (Å²) in [5.41, 5.74) is 4.62. The Morgan fingerprint density at radius 2 is 2.00 bits per heavy atom. The van der Waals surface area contributed by atoms with E-state index in [1.54, 1.807) is 24.3 Å². The van der Waals surface area contributed by atoms with Gasteiger partial charge in [0.15, 0.2) is 0 Å². The molecular weight excluding hydrogens is 326 g/mol. The lowest BCUT2D eigenvalue weighted by atomic mass is 9.94. The van der Waals surface area contributed by atoms with Gasteiger partial charge in [-0.25, -0.2) is 10.2 Å². The number of hydrogen-bond acceptors (Lipinski definition) is 5. The first-order valence-corrected chi connectivity index (χ1v) is 7.79. The normalized spacial score (nSPS) is 20.0. The maximum absolute atomic E-state index is 12.0. The predicted molar refractivity (Wildman–Crippen MR) is 88.6 cm³/mol. The number of carbonyl (C=O) groups is 4. The van der Waals surface area contributed by atoms with Crippen LogP contribution >= 0.6 is 0 Å². The number of urea groups is 1. The van der Waals surface area contributed by atoms with Gasteiger partial charge in [0, 0.05) is 18.0 Å². The molecule has 3 N–H and O–H groups in total. The Balaban J connectivity index is 1.63. The number of carbonyl (C=O) groups excluding carboxylic acids is 4. The zero-order valence-corrected chi connectivity index (χ0v) is 13.5. The average Bonchev–Trinajstić information content (AvgIpc) is 2.88. The lowest BCUT2D eigenvalue weighted by Crippen LogP contribution is -2.38. The van der Waals surface area contributed by atoms with E-state index in [4.69, 9.17) is 0 Å². The van der Waals surface area contributed by atoms with Crippen molar-refractivity contribution < 1.29 is 19.2 Å². The van der Waals surface area contributed by atoms with Crippen LogP contribution in [0.25, 0.3) is 0 Å². The van der Waals surface area contributed by atoms with Gasteiger partial charge < -0.3 is 10.6 Å². The molecular formula is C16H17N5O4. The Bertz CT molecular complexity index is 755. The molecule has 1 aromatic rings. The molecule has 3 rings (SSSR count). The molecule has 5 amide bonds. The standard InChI is InChI=1S/C16H17N5O4/c1-9-6-12(22)19-20-15(9)10-2-4-11(5-3-10)18-13(23)8-21-14(24)7-17-16(21)25/h2-5,9H,6-8H2,1H3,(H,17,25)(H,18,23)(H,19,22). The highest BCUT2D eigenvalue weighted by molar-refractivity contribution is 6.07. The molecule has 1 saturated heterocycles. The first kappa shape index (κ1) is 16.6. The van der Waals surface area contributed by atoms with Crippen molar-refractivity contribution in [3.63, 3.8) is 0 Å². The van der Waals surface area contributed by atoms with E-state index in [2.05, 4.69) is 21.2 Å². The molecule has 2 aliphatic heterocycles. The van der Waals surface area contributed by atoms with Crippen molar-refractivity contribution >= 4 is 35.2 Å². The lowest BCUT2D eigenvalue weighted by molar-refractivity contribution is -0.128. The van der Waals surface area contributed by atoms with Crippen molar-refractivity contribution in [3.8, 4) is 0 Å². The minimum atomic E-state index is -0.568. The number of rotatable bonds is 4. The average molecular weight is 343 g/mol. The number of nitrogens with zero attached hydrogens (tertiary/aromatic N) is 2. The first-order chi connectivity index (χ1) is 11.9. The van der Waals surface area contributed by atoms with Gasteiger partial charge in [0.2, 0.25) is 11.8 Å². The van der Waals surface area contributed by atoms with Gasteiger partial charge in [-0.2, -0.15) is 5.10 Å². The smallest absolute Gasteiger partial charge is 0.325 e. The molecule has 0 bridgehead atoms. The molecule has 2 heterocycles. The minimum absolute atomic E-state index is 0.00822. The summed E-state index contributed by atoms with van der Waals surface area (Å²) in [5, 5.41) is 9.07. The lowest BCUT2D eigenvalue weighted by Gasteiger charge is -2.19. The van der Waals surface area contributed by atoms with Crippen molar-refractivity contribution in [3.05, 3.63) is 29.8 Å². The molecule has 2 aliphatic rings. The number of nitrogens with one attached hydrogen (secondary N) is 3. The second-order valence-electron chi connectivity index (χ2n) is 5.90. The molecule has 0 aromatic heterocycles. The molecule has 1 fully saturated rings. The minimum Gasteiger partial charge on any atom is -0.329 e. The molecule has 25 heavy (non-hydrogen) atoms. The highest BCUT2D eigenvalue weighted by Gasteiger charge is 2.30. The van der Waals surface area contributed by atoms with Gasteiger partial charge in [0.25, 0.3) is 5.91 Å². The highest BCUT2D eigenvalue weighted by atomic mass is 16.2. The van der Waals surface area contributed by atoms with Crippen LogP contribution < -0.4 is 16.1 Å². The van der Waals surface area contributed by atoms with E-state index < -0.39 is 17.8 Å². The van der Waals surface area contributed by atoms with E-state index >= 15 is 0 Å². The van der Waals surface area contributed by atoms with Gasteiger partial charge >= 0.3 is 6.03 Å². The summed E-state index contributed by atoms with van der Waals surface area (Å²) in [6.07, 6.45) is 0.378. The highest BCUT2D eigenvalue weighted by Crippen LogP contribution is 2.18. The maximum Gasteiger partial charge on any atom is 0.325 e. The number of hydrazone groups is 1. The summed E-state index contributed by atoms with van der Waals surface area (Å²) in [5.74, 6) is -0.995. The summed E-state index contributed by atoms with van der Waals surface area (Å²) in [4.78, 5) is 47.0. The van der Waals surface area contributed by atoms with Gasteiger partial charge in [-0.05, 0) is 17.7 Å². The number of benzene rings is 1. The van der Waals surface area contributed by atoms with Crippen molar-refractivity contribution in [2.75, 3.05) is 18.4 Å². The van der Waals surface area contributed by atoms with Crippen LogP contribution in [0.5, 0.6) is 0 Å². The number of amides is 5. The molecule has 9 nitrogen and oxygen atoms in total. The van der Waals surface area contributed by atoms with Crippen LogP contribution in [0.4, 0.5) is 10.5 Å². The van der Waals surface area contributed by atoms with E-state index in [-0.39, 0.29) is 24.9 Å². The first-order valence-electron chi connectivity index (χ1n) is 7.79. The van der Waals surface area contributed by atoms with Crippen molar-refractivity contribution in [2.24, 2.45) is 11.0 Å². The van der Waals surface area contributed by atoms with E-state index in [0.717, 1.165) is 16.2 Å². The fraction of sp³-hybridized carbons (Fsp3) is 0.312. The van der Waals surface area contributed by atoms with Gasteiger partial charge in [0.1, 0.15) is 6.54 Å². The zero-order chi connectivity index (χ0) is 18.0. The van der Waals surface area contributed by atoms with Gasteiger partial charge in [-0.15, -0.1) is 0 Å². The maximum atomic E-state index is 12.0. The summed E-state index contributed by atoms with van der Waals surface area (Å²) in [7, 11) is 0. The quantitative estimate of drug-likeness (QED) is 0.668. The van der Waals surface area contributed by atoms with E-state index in [1.165, 1.54) is 0 Å². The monoisotopic (exact) mass is 343 g/mol. The van der Waals surface area contributed by atoms with Crippen molar-refractivity contribution in [2.45, 2.75) is 13.3 Å². The molecule has 0 aliphatic carbocycles. The molecule has 1 aromatic carbocycles. The van der Waals surface area contributed by atoms with Gasteiger partial charge in [-0.1, -0.05) is 19.1 Å². The number of hydrogen-bond donors (Lipinski definition) is 3. The third-order valence-electron chi connectivity index (χ3n) is 3.96. The van der Waals surface area contributed by atoms with Crippen LogP contribution in [0.1, 0.15) is 18.9 Å². The predicted octanol–water partition coefficient (Wildman–Crippen LogP) is 0.0370. The third kappa shape index (κ3) is 3.65. The fourth-order valence-corrected chi connectivity index (χ4v) is 2.69. The summed E-state index contributed by atoms with van der Waals surface area (Å²) in [6, 6.07) is 6.41. The second kappa shape index (κ2) is 6.71. The number of anilines is 1. The summed E-state index contributed by atoms with van der Waals surface area (Å²) in [6.45, 7) is 1.51. The van der Waals surface area contributed by atoms with Crippen molar-refractivity contribution in [1.29, 1.82) is 0 Å². The SMILES string of the molecule is CC1CC(=O)NN=C1c1ccc(NC(=O)CN2C(=O)CNC2=O)cc1. The van der Waals surface area contributed by atoms with Crippen LogP contribution in [0.3, 0.4) is 0 Å². The Morgan fingerprint density at radius 1 is 1.28 bits per heavy atom. The molecule has 1 atom stereocenters. The Morgan fingerprint density at radius 3 is 2.60 bits per heavy atom. The summed E-state index contributed by atoms with van der Waals surface area (Å²) < 4.78 is 0. The molecule has 130 valence electrons. The zero-order valence-electron chi connectivity index (χ0n) is 13.5. The van der Waals surface area contributed by atoms with Crippen LogP contribution in [-0.2, 0) is 14.4 Å². The molecule has 0 spiro atoms. The van der Waals surface area contributed by atoms with Gasteiger partial charge in [0.05, 0.1) is 12.3 Å². The van der Waals surface area contributed by atoms with E-state index in [9.17, 15) is 19.2 Å². The third-order valence-corrected chi connectivity index (χ3v) is 3.96. The fourth-order valence-electron chi connectivity index (χ4n) is 2.69. The topological polar surface area (TPSA) is 120 Å². The largest absolute Gasteiger partial charge is 0.329 e. The Kier molecular flexibility index (Phi) is 4.46. The molecule has 9 heteroatoms. The molecule has 1 unspecified atom stereocenters. The van der Waals surface area contributed by atoms with E-state index in [0.29, 0.717) is 12.1 Å². The summed E-state index contributed by atoms with van der Waals surface area (Å²) >= 11 is 0. The van der Waals surface area contributed by atoms with Gasteiger partial charge in [-0.3, -0.25) is 19.3 Å².